The molecule has 0 aliphatic heterocycles. The number of benzene rings is 1. The second-order valence-electron chi connectivity index (χ2n) is 2.66. The van der Waals surface area contributed by atoms with E-state index in [9.17, 15) is 0 Å². The summed E-state index contributed by atoms with van der Waals surface area (Å²) in [4.78, 5) is 4.00. The molecule has 0 fully saturated rings. The lowest BCUT2D eigenvalue weighted by Crippen LogP contribution is -2.13. The fraction of sp³-hybridized carbons (Fsp3) is 0.300. The van der Waals surface area contributed by atoms with Gasteiger partial charge in [0.25, 0.3) is 0 Å². The van der Waals surface area contributed by atoms with Crippen LogP contribution < -0.4 is 10.1 Å². The number of hydrogen-bond donors (Lipinski definition) is 3. The van der Waals surface area contributed by atoms with Gasteiger partial charge in [0.2, 0.25) is 0 Å². The van der Waals surface area contributed by atoms with Gasteiger partial charge in [-0.15, -0.1) is 0 Å². The summed E-state index contributed by atoms with van der Waals surface area (Å²) in [6, 6.07) is 7.32. The number of rotatable bonds is 5. The lowest BCUT2D eigenvalue weighted by atomic mass is 10.2. The quantitative estimate of drug-likeness (QED) is 0.242. The van der Waals surface area contributed by atoms with Gasteiger partial charge in [-0.2, -0.15) is 0 Å². The molecular weight excluding hydrogens is 228 g/mol. The standard InChI is InChI=1S/C9H13NO3.CHNS/c1-10-7-12-9-4-2-8(3-5-9)6-13-11;2-1-3/h2-5,10-11H,6-7H2,1H3;2H. The average Bonchev–Trinajstić information content (AvgIpc) is 2.30. The molecule has 0 radical (unpaired) electrons. The van der Waals surface area contributed by atoms with E-state index >= 15 is 0 Å². The van der Waals surface area contributed by atoms with Crippen molar-refractivity contribution in [2.75, 3.05) is 13.8 Å². The minimum Gasteiger partial charge on any atom is -0.478 e. The van der Waals surface area contributed by atoms with Crippen molar-refractivity contribution >= 4 is 17.4 Å². The van der Waals surface area contributed by atoms with Crippen LogP contribution in [0.3, 0.4) is 0 Å². The predicted octanol–water partition coefficient (Wildman–Crippen LogP) is 1.90. The Bertz CT molecular complexity index is 310. The van der Waals surface area contributed by atoms with E-state index in [-0.39, 0.29) is 6.61 Å². The topological polar surface area (TPSA) is 74.6 Å². The van der Waals surface area contributed by atoms with Crippen LogP contribution in [0, 0.1) is 5.41 Å². The van der Waals surface area contributed by atoms with E-state index in [1.807, 2.05) is 31.3 Å². The van der Waals surface area contributed by atoms with Crippen LogP contribution in [-0.4, -0.2) is 24.2 Å². The van der Waals surface area contributed by atoms with Crippen LogP contribution in [-0.2, 0) is 11.5 Å². The molecule has 0 aromatic heterocycles. The smallest absolute Gasteiger partial charge is 0.139 e. The first-order valence-corrected chi connectivity index (χ1v) is 4.85. The molecule has 0 amide bonds. The Balaban J connectivity index is 0.000000673. The minimum absolute atomic E-state index is 0.201. The zero-order valence-electron chi connectivity index (χ0n) is 8.90. The fourth-order valence-corrected chi connectivity index (χ4v) is 0.912. The summed E-state index contributed by atoms with van der Waals surface area (Å²) >= 11 is 3.81. The first-order chi connectivity index (χ1) is 7.78. The van der Waals surface area contributed by atoms with Crippen LogP contribution in [0.4, 0.5) is 0 Å². The highest BCUT2D eigenvalue weighted by atomic mass is 32.1. The number of ether oxygens (including phenoxy) is 1. The first-order valence-electron chi connectivity index (χ1n) is 4.45. The monoisotopic (exact) mass is 242 g/mol. The van der Waals surface area contributed by atoms with Crippen molar-refractivity contribution in [1.29, 1.82) is 5.41 Å². The zero-order valence-corrected chi connectivity index (χ0v) is 9.71. The van der Waals surface area contributed by atoms with Gasteiger partial charge < -0.3 is 4.74 Å². The third kappa shape index (κ3) is 7.05. The van der Waals surface area contributed by atoms with Crippen molar-refractivity contribution in [3.8, 4) is 5.75 Å². The summed E-state index contributed by atoms with van der Waals surface area (Å²) in [6.07, 6.45) is 0. The average molecular weight is 242 g/mol. The van der Waals surface area contributed by atoms with Crippen LogP contribution >= 0.6 is 12.2 Å². The van der Waals surface area contributed by atoms with Gasteiger partial charge in [-0.3, -0.25) is 10.6 Å². The second-order valence-corrected chi connectivity index (χ2v) is 2.87. The largest absolute Gasteiger partial charge is 0.478 e. The summed E-state index contributed by atoms with van der Waals surface area (Å²) in [6.45, 7) is 0.683. The van der Waals surface area contributed by atoms with Crippen molar-refractivity contribution < 1.29 is 14.9 Å². The third-order valence-corrected chi connectivity index (χ3v) is 1.54. The molecule has 0 saturated heterocycles. The highest BCUT2D eigenvalue weighted by Gasteiger charge is 1.94. The molecule has 3 N–H and O–H groups in total. The molecule has 1 rings (SSSR count). The fourth-order valence-electron chi connectivity index (χ4n) is 0.912. The molecule has 0 aliphatic rings. The van der Waals surface area contributed by atoms with E-state index in [1.54, 1.807) is 5.16 Å². The van der Waals surface area contributed by atoms with Crippen molar-refractivity contribution in [2.24, 2.45) is 0 Å². The van der Waals surface area contributed by atoms with Gasteiger partial charge in [-0.1, -0.05) is 12.1 Å². The molecule has 6 heteroatoms. The number of hydrogen-bond acceptors (Lipinski definition) is 6. The molecule has 0 spiro atoms. The van der Waals surface area contributed by atoms with Gasteiger partial charge in [-0.05, 0) is 37.0 Å². The Kier molecular flexibility index (Phi) is 9.39. The molecule has 0 atom stereocenters. The highest BCUT2D eigenvalue weighted by molar-refractivity contribution is 7.78. The molecule has 0 unspecified atom stereocenters. The predicted molar refractivity (Wildman–Crippen MR) is 63.7 cm³/mol. The minimum atomic E-state index is 0.201. The van der Waals surface area contributed by atoms with Gasteiger partial charge in [0.15, 0.2) is 0 Å². The SMILES string of the molecule is CNCOc1ccc(COO)cc1.N=C=S. The Morgan fingerprint density at radius 1 is 1.44 bits per heavy atom. The van der Waals surface area contributed by atoms with E-state index < -0.39 is 0 Å². The van der Waals surface area contributed by atoms with E-state index in [0.29, 0.717) is 6.73 Å². The summed E-state index contributed by atoms with van der Waals surface area (Å²) < 4.78 is 5.27. The maximum atomic E-state index is 8.19. The normalized spacial score (nSPS) is 8.62. The lowest BCUT2D eigenvalue weighted by molar-refractivity contribution is -0.253. The molecule has 0 heterocycles. The van der Waals surface area contributed by atoms with E-state index in [0.717, 1.165) is 11.3 Å². The van der Waals surface area contributed by atoms with E-state index in [2.05, 4.69) is 22.4 Å². The van der Waals surface area contributed by atoms with E-state index in [1.165, 1.54) is 0 Å². The van der Waals surface area contributed by atoms with Gasteiger partial charge >= 0.3 is 0 Å². The van der Waals surface area contributed by atoms with Crippen LogP contribution in [0.5, 0.6) is 5.75 Å². The molecule has 16 heavy (non-hydrogen) atoms. The molecule has 0 aliphatic carbocycles. The van der Waals surface area contributed by atoms with Crippen LogP contribution in [0.15, 0.2) is 24.3 Å². The number of thiocarbonyl (C=S) groups is 1. The Labute approximate surface area is 99.4 Å². The first kappa shape index (κ1) is 14.7. The number of isothiocyanates is 1. The Morgan fingerprint density at radius 2 is 2.00 bits per heavy atom. The molecule has 5 nitrogen and oxygen atoms in total. The zero-order chi connectivity index (χ0) is 12.2. The maximum Gasteiger partial charge on any atom is 0.139 e. The van der Waals surface area contributed by atoms with Gasteiger partial charge in [0.1, 0.15) is 19.1 Å². The van der Waals surface area contributed by atoms with Crippen molar-refractivity contribution in [3.63, 3.8) is 0 Å². The molecular formula is C10H14N2O3S. The molecule has 1 aromatic rings. The molecule has 88 valence electrons. The Morgan fingerprint density at radius 3 is 2.44 bits per heavy atom. The van der Waals surface area contributed by atoms with Gasteiger partial charge in [-0.25, -0.2) is 10.3 Å². The van der Waals surface area contributed by atoms with Crippen molar-refractivity contribution in [3.05, 3.63) is 29.8 Å². The Hall–Kier alpha value is -1.30. The summed E-state index contributed by atoms with van der Waals surface area (Å²) in [5, 5.41) is 18.4. The van der Waals surface area contributed by atoms with Crippen LogP contribution in [0.2, 0.25) is 0 Å². The van der Waals surface area contributed by atoms with Crippen LogP contribution in [0.25, 0.3) is 0 Å². The summed E-state index contributed by atoms with van der Waals surface area (Å²) in [5.41, 5.74) is 0.902. The van der Waals surface area contributed by atoms with Crippen molar-refractivity contribution in [1.82, 2.24) is 5.32 Å². The maximum absolute atomic E-state index is 8.19. The molecule has 1 aromatic carbocycles. The lowest BCUT2D eigenvalue weighted by Gasteiger charge is -2.05. The van der Waals surface area contributed by atoms with Gasteiger partial charge in [0, 0.05) is 0 Å². The van der Waals surface area contributed by atoms with Crippen LogP contribution in [0.1, 0.15) is 5.56 Å². The number of nitrogens with one attached hydrogen (secondary N) is 2. The second kappa shape index (κ2) is 10.2. The van der Waals surface area contributed by atoms with Crippen molar-refractivity contribution in [2.45, 2.75) is 6.61 Å². The van der Waals surface area contributed by atoms with E-state index in [4.69, 9.17) is 15.4 Å². The van der Waals surface area contributed by atoms with Gasteiger partial charge in [0.05, 0.1) is 5.16 Å². The molecule has 0 saturated carbocycles. The summed E-state index contributed by atoms with van der Waals surface area (Å²) in [5.74, 6) is 0.788. The molecule has 0 bridgehead atoms. The highest BCUT2D eigenvalue weighted by Crippen LogP contribution is 2.11. The summed E-state index contributed by atoms with van der Waals surface area (Å²) in [7, 11) is 1.81. The third-order valence-electron chi connectivity index (χ3n) is 1.54.